The number of nitrogens with two attached hydrogens (primary N) is 1. The van der Waals surface area contributed by atoms with Gasteiger partial charge in [-0.05, 0) is 47.0 Å². The van der Waals surface area contributed by atoms with E-state index in [9.17, 15) is 9.59 Å². The lowest BCUT2D eigenvalue weighted by Crippen LogP contribution is -2.69. The van der Waals surface area contributed by atoms with Gasteiger partial charge in [0.25, 0.3) is 5.91 Å². The van der Waals surface area contributed by atoms with Gasteiger partial charge < -0.3 is 15.8 Å². The normalized spacial score (nSPS) is 16.3. The molecule has 0 radical (unpaired) electrons. The first-order valence-electron chi connectivity index (χ1n) is 6.86. The molecule has 0 aliphatic carbocycles. The van der Waals surface area contributed by atoms with Gasteiger partial charge in [0.2, 0.25) is 0 Å². The monoisotopic (exact) mass is 286 g/mol. The predicted molar refractivity (Wildman–Crippen MR) is 80.1 cm³/mol. The zero-order chi connectivity index (χ0) is 16.6. The molecule has 3 N–H and O–H groups in total. The number of carbonyl (C=O) groups is 2. The van der Waals surface area contributed by atoms with E-state index in [1.54, 1.807) is 41.5 Å². The lowest BCUT2D eigenvalue weighted by atomic mass is 9.73. The molecule has 0 saturated carbocycles. The van der Waals surface area contributed by atoms with E-state index in [0.29, 0.717) is 0 Å². The van der Waals surface area contributed by atoms with E-state index >= 15 is 0 Å². The fourth-order valence-corrected chi connectivity index (χ4v) is 1.54. The van der Waals surface area contributed by atoms with E-state index in [-0.39, 0.29) is 0 Å². The molecule has 0 aromatic rings. The van der Waals surface area contributed by atoms with E-state index in [1.165, 1.54) is 0 Å². The number of nitrogens with one attached hydrogen (secondary N) is 1. The zero-order valence-electron chi connectivity index (χ0n) is 14.3. The zero-order valence-corrected chi connectivity index (χ0v) is 14.3. The fraction of sp³-hybridized carbons (Fsp3) is 0.867. The molecule has 0 rings (SSSR count). The van der Waals surface area contributed by atoms with Crippen LogP contribution in [-0.2, 0) is 14.3 Å². The quantitative estimate of drug-likeness (QED) is 0.601. The Morgan fingerprint density at radius 2 is 1.30 bits per heavy atom. The molecule has 0 aromatic heterocycles. The average Bonchev–Trinajstić information content (AvgIpc) is 2.08. The summed E-state index contributed by atoms with van der Waals surface area (Å²) in [6.07, 6.45) is 0. The molecule has 0 unspecified atom stereocenters. The number of amides is 1. The Balaban J connectivity index is 5.55. The average molecular weight is 286 g/mol. The van der Waals surface area contributed by atoms with Gasteiger partial charge in [0.1, 0.15) is 5.60 Å². The third kappa shape index (κ3) is 4.78. The van der Waals surface area contributed by atoms with Gasteiger partial charge in [-0.3, -0.25) is 4.79 Å². The molecule has 0 aliphatic rings. The van der Waals surface area contributed by atoms with E-state index in [0.717, 1.165) is 0 Å². The van der Waals surface area contributed by atoms with Crippen molar-refractivity contribution in [2.24, 2.45) is 11.1 Å². The summed E-state index contributed by atoms with van der Waals surface area (Å²) in [6, 6.07) is 0. The summed E-state index contributed by atoms with van der Waals surface area (Å²) in [4.78, 5) is 25.0. The Morgan fingerprint density at radius 3 is 1.55 bits per heavy atom. The predicted octanol–water partition coefficient (Wildman–Crippen LogP) is 1.99. The van der Waals surface area contributed by atoms with Crippen LogP contribution in [0.3, 0.4) is 0 Å². The molecule has 1 atom stereocenters. The van der Waals surface area contributed by atoms with Crippen molar-refractivity contribution >= 4 is 11.9 Å². The van der Waals surface area contributed by atoms with E-state index in [2.05, 4.69) is 5.32 Å². The summed E-state index contributed by atoms with van der Waals surface area (Å²) in [5.74, 6) is -1.23. The molecule has 0 spiro atoms. The van der Waals surface area contributed by atoms with Gasteiger partial charge in [-0.2, -0.15) is 0 Å². The van der Waals surface area contributed by atoms with Crippen molar-refractivity contribution in [2.45, 2.75) is 79.0 Å². The SMILES string of the molecule is CC(C)(C)NC(=O)[C@](N)(C(=O)OC(C)(C)C)C(C)(C)C. The number of ether oxygens (including phenoxy) is 1. The van der Waals surface area contributed by atoms with Crippen LogP contribution in [-0.4, -0.2) is 28.6 Å². The lowest BCUT2D eigenvalue weighted by Gasteiger charge is -2.40. The van der Waals surface area contributed by atoms with Crippen molar-refractivity contribution in [3.05, 3.63) is 0 Å². The second-order valence-electron chi connectivity index (χ2n) is 8.26. The highest BCUT2D eigenvalue weighted by Crippen LogP contribution is 2.31. The number of rotatable bonds is 2. The van der Waals surface area contributed by atoms with Crippen LogP contribution in [0.25, 0.3) is 0 Å². The highest BCUT2D eigenvalue weighted by molar-refractivity contribution is 6.08. The molecule has 0 aromatic carbocycles. The number of carbonyl (C=O) groups excluding carboxylic acids is 2. The van der Waals surface area contributed by atoms with Crippen LogP contribution in [0.15, 0.2) is 0 Å². The van der Waals surface area contributed by atoms with Gasteiger partial charge in [-0.1, -0.05) is 20.8 Å². The summed E-state index contributed by atoms with van der Waals surface area (Å²) in [5.41, 5.74) is 2.50. The first-order chi connectivity index (χ1) is 8.51. The molecule has 5 nitrogen and oxygen atoms in total. The van der Waals surface area contributed by atoms with Crippen molar-refractivity contribution in [3.8, 4) is 0 Å². The molecule has 0 fully saturated rings. The maximum absolute atomic E-state index is 12.5. The minimum atomic E-state index is -1.74. The maximum Gasteiger partial charge on any atom is 0.337 e. The first-order valence-corrected chi connectivity index (χ1v) is 6.86. The van der Waals surface area contributed by atoms with Crippen molar-refractivity contribution in [1.82, 2.24) is 5.32 Å². The largest absolute Gasteiger partial charge is 0.458 e. The Bertz CT molecular complexity index is 353. The molecule has 20 heavy (non-hydrogen) atoms. The fourth-order valence-electron chi connectivity index (χ4n) is 1.54. The Kier molecular flexibility index (Phi) is 5.06. The Labute approximate surface area is 122 Å². The van der Waals surface area contributed by atoms with Crippen molar-refractivity contribution < 1.29 is 14.3 Å². The molecular formula is C15H30N2O3. The van der Waals surface area contributed by atoms with Gasteiger partial charge in [-0.25, -0.2) is 4.79 Å². The Hall–Kier alpha value is -1.10. The minimum absolute atomic E-state index is 0.477. The number of hydrogen-bond donors (Lipinski definition) is 2. The lowest BCUT2D eigenvalue weighted by molar-refractivity contribution is -0.169. The van der Waals surface area contributed by atoms with Crippen molar-refractivity contribution in [2.75, 3.05) is 0 Å². The standard InChI is InChI=1S/C15H30N2O3/c1-12(2,3)15(16,10(18)17-13(4,5)6)11(19)20-14(7,8)9/h16H2,1-9H3,(H,17,18)/t15-/m0/s1. The van der Waals surface area contributed by atoms with E-state index in [1.807, 2.05) is 20.8 Å². The topological polar surface area (TPSA) is 81.4 Å². The molecule has 0 saturated heterocycles. The van der Waals surface area contributed by atoms with Crippen LogP contribution >= 0.6 is 0 Å². The number of hydrogen-bond acceptors (Lipinski definition) is 4. The van der Waals surface area contributed by atoms with Crippen molar-refractivity contribution in [1.29, 1.82) is 0 Å². The van der Waals surface area contributed by atoms with Crippen LogP contribution in [0.4, 0.5) is 0 Å². The van der Waals surface area contributed by atoms with Gasteiger partial charge in [0, 0.05) is 5.54 Å². The molecule has 1 amide bonds. The number of esters is 1. The second kappa shape index (κ2) is 5.35. The summed E-state index contributed by atoms with van der Waals surface area (Å²) >= 11 is 0. The highest BCUT2D eigenvalue weighted by atomic mass is 16.6. The van der Waals surface area contributed by atoms with Gasteiger partial charge in [-0.15, -0.1) is 0 Å². The summed E-state index contributed by atoms with van der Waals surface area (Å²) in [5, 5.41) is 2.77. The molecule has 0 aliphatic heterocycles. The van der Waals surface area contributed by atoms with E-state index in [4.69, 9.17) is 10.5 Å². The van der Waals surface area contributed by atoms with Gasteiger partial charge in [0.05, 0.1) is 0 Å². The van der Waals surface area contributed by atoms with Crippen LogP contribution in [0.2, 0.25) is 0 Å². The summed E-state index contributed by atoms with van der Waals surface area (Å²) in [6.45, 7) is 16.0. The highest BCUT2D eigenvalue weighted by Gasteiger charge is 2.54. The minimum Gasteiger partial charge on any atom is -0.458 e. The molecule has 5 heteroatoms. The molecular weight excluding hydrogens is 256 g/mol. The third-order valence-electron chi connectivity index (χ3n) is 2.75. The van der Waals surface area contributed by atoms with Crippen molar-refractivity contribution in [3.63, 3.8) is 0 Å². The van der Waals surface area contributed by atoms with Gasteiger partial charge >= 0.3 is 5.97 Å². The molecule has 0 bridgehead atoms. The van der Waals surface area contributed by atoms with Crippen LogP contribution in [0.1, 0.15) is 62.3 Å². The third-order valence-corrected chi connectivity index (χ3v) is 2.75. The smallest absolute Gasteiger partial charge is 0.337 e. The second-order valence-corrected chi connectivity index (χ2v) is 8.26. The summed E-state index contributed by atoms with van der Waals surface area (Å²) < 4.78 is 5.34. The van der Waals surface area contributed by atoms with E-state index < -0.39 is 34.0 Å². The first kappa shape index (κ1) is 18.9. The molecule has 0 heterocycles. The summed E-state index contributed by atoms with van der Waals surface area (Å²) in [7, 11) is 0. The van der Waals surface area contributed by atoms with Gasteiger partial charge in [0.15, 0.2) is 5.54 Å². The molecule has 118 valence electrons. The van der Waals surface area contributed by atoms with Crippen LogP contribution in [0.5, 0.6) is 0 Å². The Morgan fingerprint density at radius 1 is 0.900 bits per heavy atom. The van der Waals surface area contributed by atoms with Crippen LogP contribution < -0.4 is 11.1 Å². The maximum atomic E-state index is 12.5. The van der Waals surface area contributed by atoms with Crippen LogP contribution in [0, 0.1) is 5.41 Å².